The van der Waals surface area contributed by atoms with Gasteiger partial charge in [0.1, 0.15) is 0 Å². The molecule has 1 aliphatic rings. The van der Waals surface area contributed by atoms with Gasteiger partial charge in [0.2, 0.25) is 0 Å². The van der Waals surface area contributed by atoms with E-state index in [4.69, 9.17) is 19.7 Å². The van der Waals surface area contributed by atoms with Crippen molar-refractivity contribution in [3.8, 4) is 0 Å². The molecule has 1 saturated heterocycles. The molecule has 0 radical (unpaired) electrons. The van der Waals surface area contributed by atoms with E-state index in [1.165, 1.54) is 13.8 Å². The fraction of sp³-hybridized carbons (Fsp3) is 1.00. The predicted octanol–water partition coefficient (Wildman–Crippen LogP) is 1.39. The van der Waals surface area contributed by atoms with Gasteiger partial charge in [-0.15, -0.1) is 0 Å². The molecule has 102 valence electrons. The topological polar surface area (TPSA) is 88.4 Å². The Morgan fingerprint density at radius 3 is 2.29 bits per heavy atom. The van der Waals surface area contributed by atoms with Gasteiger partial charge in [-0.2, -0.15) is 4.91 Å². The van der Waals surface area contributed by atoms with Crippen molar-refractivity contribution in [3.63, 3.8) is 0 Å². The summed E-state index contributed by atoms with van der Waals surface area (Å²) < 4.78 is 10.9. The van der Waals surface area contributed by atoms with E-state index in [2.05, 4.69) is 5.18 Å². The van der Waals surface area contributed by atoms with Gasteiger partial charge in [0.25, 0.3) is 0 Å². The maximum absolute atomic E-state index is 9.78. The fourth-order valence-corrected chi connectivity index (χ4v) is 1.29. The first-order chi connectivity index (χ1) is 7.64. The van der Waals surface area contributed by atoms with Crippen molar-refractivity contribution in [1.82, 2.24) is 0 Å². The zero-order valence-corrected chi connectivity index (χ0v) is 11.0. The molecule has 0 bridgehead atoms. The van der Waals surface area contributed by atoms with Crippen LogP contribution in [0.2, 0.25) is 0 Å². The van der Waals surface area contributed by atoms with Gasteiger partial charge in [-0.05, 0) is 40.5 Å². The highest BCUT2D eigenvalue weighted by Gasteiger charge is 2.31. The second kappa shape index (κ2) is 7.00. The lowest BCUT2D eigenvalue weighted by molar-refractivity contribution is -0.139. The number of hydrogen-bond donors (Lipinski definition) is 2. The van der Waals surface area contributed by atoms with Crippen LogP contribution >= 0.6 is 0 Å². The first-order valence-corrected chi connectivity index (χ1v) is 5.70. The second-order valence-corrected chi connectivity index (χ2v) is 4.94. The van der Waals surface area contributed by atoms with Gasteiger partial charge in [0, 0.05) is 0 Å². The van der Waals surface area contributed by atoms with E-state index in [-0.39, 0.29) is 6.10 Å². The van der Waals surface area contributed by atoms with Crippen LogP contribution in [0.25, 0.3) is 0 Å². The summed E-state index contributed by atoms with van der Waals surface area (Å²) in [7, 11) is 0. The summed E-state index contributed by atoms with van der Waals surface area (Å²) in [6.07, 6.45) is 1.78. The van der Waals surface area contributed by atoms with E-state index in [9.17, 15) is 4.91 Å². The molecule has 1 fully saturated rings. The molecule has 1 atom stereocenters. The van der Waals surface area contributed by atoms with Crippen molar-refractivity contribution in [2.75, 3.05) is 13.2 Å². The summed E-state index contributed by atoms with van der Waals surface area (Å²) in [4.78, 5) is 9.78. The fourth-order valence-electron chi connectivity index (χ4n) is 1.29. The van der Waals surface area contributed by atoms with Gasteiger partial charge < -0.3 is 19.7 Å². The maximum atomic E-state index is 9.78. The number of ether oxygens (including phenoxy) is 2. The van der Waals surface area contributed by atoms with E-state index in [0.29, 0.717) is 13.2 Å². The molecule has 1 rings (SSSR count). The van der Waals surface area contributed by atoms with Gasteiger partial charge in [-0.25, -0.2) is 0 Å². The van der Waals surface area contributed by atoms with Crippen LogP contribution in [0.5, 0.6) is 0 Å². The third kappa shape index (κ3) is 11.7. The van der Waals surface area contributed by atoms with Crippen LogP contribution in [0.3, 0.4) is 0 Å². The molecular weight excluding hydrogens is 226 g/mol. The van der Waals surface area contributed by atoms with Crippen LogP contribution in [-0.2, 0) is 9.47 Å². The standard InChI is InChI=1S/C8H15NO3.C3H8O2/c1-8(2)11-6-7(12-8)4-3-5-9-10;1-3(2,4)5/h7H,3-6H2,1-2H3;4-5H,1-2H3. The molecule has 0 aliphatic carbocycles. The monoisotopic (exact) mass is 249 g/mol. The Bertz CT molecular complexity index is 218. The number of nitroso groups, excluding NO2 is 1. The molecule has 2 N–H and O–H groups in total. The van der Waals surface area contributed by atoms with E-state index < -0.39 is 11.6 Å². The van der Waals surface area contributed by atoms with Crippen molar-refractivity contribution in [2.24, 2.45) is 5.18 Å². The van der Waals surface area contributed by atoms with Crippen LogP contribution in [0.1, 0.15) is 40.5 Å². The highest BCUT2D eigenvalue weighted by molar-refractivity contribution is 4.70. The quantitative estimate of drug-likeness (QED) is 0.446. The highest BCUT2D eigenvalue weighted by Crippen LogP contribution is 2.24. The van der Waals surface area contributed by atoms with Crippen molar-refractivity contribution in [3.05, 3.63) is 4.91 Å². The summed E-state index contributed by atoms with van der Waals surface area (Å²) in [6.45, 7) is 7.39. The summed E-state index contributed by atoms with van der Waals surface area (Å²) in [5, 5.41) is 18.9. The number of aliphatic hydroxyl groups is 2. The smallest absolute Gasteiger partial charge is 0.163 e. The lowest BCUT2D eigenvalue weighted by Crippen LogP contribution is -2.21. The number of hydrogen-bond acceptors (Lipinski definition) is 6. The van der Waals surface area contributed by atoms with E-state index in [1.54, 1.807) is 0 Å². The van der Waals surface area contributed by atoms with E-state index in [1.807, 2.05) is 13.8 Å². The zero-order chi connectivity index (χ0) is 13.5. The van der Waals surface area contributed by atoms with Crippen LogP contribution in [0.15, 0.2) is 5.18 Å². The largest absolute Gasteiger partial charge is 0.366 e. The third-order valence-electron chi connectivity index (χ3n) is 1.84. The maximum Gasteiger partial charge on any atom is 0.163 e. The molecule has 6 heteroatoms. The Hall–Kier alpha value is -0.560. The number of rotatable bonds is 4. The van der Waals surface area contributed by atoms with Gasteiger partial charge in [0.05, 0.1) is 19.3 Å². The van der Waals surface area contributed by atoms with Gasteiger partial charge in [-0.3, -0.25) is 0 Å². The minimum Gasteiger partial charge on any atom is -0.366 e. The minimum absolute atomic E-state index is 0.141. The second-order valence-electron chi connectivity index (χ2n) is 4.94. The van der Waals surface area contributed by atoms with Crippen LogP contribution in [-0.4, -0.2) is 41.0 Å². The van der Waals surface area contributed by atoms with Crippen LogP contribution < -0.4 is 0 Å². The Morgan fingerprint density at radius 2 is 1.94 bits per heavy atom. The van der Waals surface area contributed by atoms with E-state index in [0.717, 1.165) is 12.8 Å². The summed E-state index contributed by atoms with van der Waals surface area (Å²) in [6, 6.07) is 0. The van der Waals surface area contributed by atoms with Crippen LogP contribution in [0, 0.1) is 4.91 Å². The molecule has 0 aromatic heterocycles. The third-order valence-corrected chi connectivity index (χ3v) is 1.84. The molecule has 6 nitrogen and oxygen atoms in total. The molecule has 17 heavy (non-hydrogen) atoms. The number of nitrogens with zero attached hydrogens (tertiary/aromatic N) is 1. The SMILES string of the molecule is CC(C)(O)O.CC1(C)OCC(CCCN=O)O1. The molecule has 0 spiro atoms. The molecule has 0 aromatic carbocycles. The zero-order valence-electron chi connectivity index (χ0n) is 11.0. The Balaban J connectivity index is 0.000000437. The van der Waals surface area contributed by atoms with Crippen molar-refractivity contribution < 1.29 is 19.7 Å². The van der Waals surface area contributed by atoms with E-state index >= 15 is 0 Å². The molecule has 1 aliphatic heterocycles. The van der Waals surface area contributed by atoms with Crippen LogP contribution in [0.4, 0.5) is 0 Å². The van der Waals surface area contributed by atoms with Crippen molar-refractivity contribution in [2.45, 2.75) is 58.2 Å². The predicted molar refractivity (Wildman–Crippen MR) is 63.3 cm³/mol. The van der Waals surface area contributed by atoms with Gasteiger partial charge >= 0.3 is 0 Å². The first-order valence-electron chi connectivity index (χ1n) is 5.70. The Kier molecular flexibility index (Phi) is 6.77. The van der Waals surface area contributed by atoms with Crippen molar-refractivity contribution >= 4 is 0 Å². The Morgan fingerprint density at radius 1 is 1.41 bits per heavy atom. The lowest BCUT2D eigenvalue weighted by atomic mass is 10.2. The molecule has 1 heterocycles. The Labute approximate surface area is 102 Å². The molecule has 1 unspecified atom stereocenters. The normalized spacial score (nSPS) is 22.8. The molecular formula is C11H23NO5. The van der Waals surface area contributed by atoms with Gasteiger partial charge in [0.15, 0.2) is 11.6 Å². The average Bonchev–Trinajstić information content (AvgIpc) is 2.43. The summed E-state index contributed by atoms with van der Waals surface area (Å²) in [5.41, 5.74) is 0. The molecule has 0 aromatic rings. The van der Waals surface area contributed by atoms with Crippen molar-refractivity contribution in [1.29, 1.82) is 0 Å². The first kappa shape index (κ1) is 16.4. The van der Waals surface area contributed by atoms with Gasteiger partial charge in [-0.1, -0.05) is 5.18 Å². The summed E-state index contributed by atoms with van der Waals surface area (Å²) >= 11 is 0. The highest BCUT2D eigenvalue weighted by atomic mass is 16.7. The molecule has 0 amide bonds. The lowest BCUT2D eigenvalue weighted by Gasteiger charge is -2.16. The molecule has 0 saturated carbocycles. The minimum atomic E-state index is -1.50. The summed E-state index contributed by atoms with van der Waals surface area (Å²) in [5.74, 6) is -1.95. The average molecular weight is 249 g/mol.